The van der Waals surface area contributed by atoms with E-state index >= 15 is 0 Å². The van der Waals surface area contributed by atoms with Gasteiger partial charge in [0.1, 0.15) is 0 Å². The molecule has 2 heteroatoms. The van der Waals surface area contributed by atoms with Crippen molar-refractivity contribution in [2.75, 3.05) is 6.61 Å². The van der Waals surface area contributed by atoms with Crippen LogP contribution in [0, 0.1) is 11.3 Å². The maximum absolute atomic E-state index is 9.93. The van der Waals surface area contributed by atoms with E-state index in [2.05, 4.69) is 0 Å². The van der Waals surface area contributed by atoms with Crippen LogP contribution in [-0.4, -0.2) is 22.9 Å². The van der Waals surface area contributed by atoms with Crippen LogP contribution < -0.4 is 0 Å². The highest BCUT2D eigenvalue weighted by atomic mass is 16.3. The molecule has 0 fully saturated rings. The lowest BCUT2D eigenvalue weighted by Gasteiger charge is -2.43. The first-order valence-electron chi connectivity index (χ1n) is 5.02. The number of fused-ring (bicyclic) bond motifs is 1. The van der Waals surface area contributed by atoms with Crippen LogP contribution in [0.1, 0.15) is 13.3 Å². The average Bonchev–Trinajstić information content (AvgIpc) is 2.19. The zero-order valence-corrected chi connectivity index (χ0v) is 8.35. The van der Waals surface area contributed by atoms with Crippen molar-refractivity contribution in [1.82, 2.24) is 0 Å². The quantitative estimate of drug-likeness (QED) is 0.617. The Morgan fingerprint density at radius 2 is 2.36 bits per heavy atom. The Labute approximate surface area is 84.3 Å². The van der Waals surface area contributed by atoms with Crippen molar-refractivity contribution in [3.05, 3.63) is 36.0 Å². The SMILES string of the molecule is C[C@@]12C=CC=C(CO)[C@@H]1CC=C[C@@H]2O. The van der Waals surface area contributed by atoms with Crippen LogP contribution >= 0.6 is 0 Å². The summed E-state index contributed by atoms with van der Waals surface area (Å²) < 4.78 is 0. The highest BCUT2D eigenvalue weighted by Gasteiger charge is 2.41. The van der Waals surface area contributed by atoms with Crippen molar-refractivity contribution >= 4 is 0 Å². The monoisotopic (exact) mass is 192 g/mol. The molecule has 0 bridgehead atoms. The summed E-state index contributed by atoms with van der Waals surface area (Å²) in [6, 6.07) is 0. The van der Waals surface area contributed by atoms with Crippen molar-refractivity contribution in [2.24, 2.45) is 11.3 Å². The van der Waals surface area contributed by atoms with Gasteiger partial charge in [-0.25, -0.2) is 0 Å². The van der Waals surface area contributed by atoms with Crippen molar-refractivity contribution in [1.29, 1.82) is 0 Å². The summed E-state index contributed by atoms with van der Waals surface area (Å²) in [5, 5.41) is 19.2. The summed E-state index contributed by atoms with van der Waals surface area (Å²) in [5.74, 6) is 0.248. The molecule has 0 amide bonds. The van der Waals surface area contributed by atoms with Crippen LogP contribution in [0.2, 0.25) is 0 Å². The number of hydrogen-bond donors (Lipinski definition) is 2. The number of allylic oxidation sites excluding steroid dienone is 3. The minimum absolute atomic E-state index is 0.0884. The van der Waals surface area contributed by atoms with E-state index in [1.807, 2.05) is 37.3 Å². The first-order valence-corrected chi connectivity index (χ1v) is 5.02. The van der Waals surface area contributed by atoms with Crippen LogP contribution in [0.4, 0.5) is 0 Å². The molecule has 2 N–H and O–H groups in total. The van der Waals surface area contributed by atoms with Crippen LogP contribution in [-0.2, 0) is 0 Å². The molecule has 0 aromatic heterocycles. The summed E-state index contributed by atoms with van der Waals surface area (Å²) in [5.41, 5.74) is 0.792. The van der Waals surface area contributed by atoms with Crippen LogP contribution in [0.15, 0.2) is 36.0 Å². The second kappa shape index (κ2) is 3.37. The Bertz CT molecular complexity index is 314. The van der Waals surface area contributed by atoms with Crippen LogP contribution in [0.3, 0.4) is 0 Å². The normalized spacial score (nSPS) is 40.6. The van der Waals surface area contributed by atoms with E-state index in [9.17, 15) is 10.2 Å². The average molecular weight is 192 g/mol. The standard InChI is InChI=1S/C12H16O2/c1-12-7-3-4-9(8-13)10(12)5-2-6-11(12)14/h2-4,6-7,10-11,13-14H,5,8H2,1H3/t10-,11-,12+/m0/s1. The van der Waals surface area contributed by atoms with Crippen molar-refractivity contribution < 1.29 is 10.2 Å². The molecule has 0 aromatic rings. The van der Waals surface area contributed by atoms with Gasteiger partial charge in [0.25, 0.3) is 0 Å². The van der Waals surface area contributed by atoms with Gasteiger partial charge in [0.05, 0.1) is 12.7 Å². The van der Waals surface area contributed by atoms with E-state index in [4.69, 9.17) is 0 Å². The summed E-state index contributed by atoms with van der Waals surface area (Å²) in [7, 11) is 0. The van der Waals surface area contributed by atoms with Gasteiger partial charge in [0, 0.05) is 5.41 Å². The van der Waals surface area contributed by atoms with E-state index in [0.29, 0.717) is 0 Å². The Morgan fingerprint density at radius 1 is 1.57 bits per heavy atom. The van der Waals surface area contributed by atoms with Crippen LogP contribution in [0.5, 0.6) is 0 Å². The van der Waals surface area contributed by atoms with Crippen molar-refractivity contribution in [3.63, 3.8) is 0 Å². The lowest BCUT2D eigenvalue weighted by molar-refractivity contribution is 0.0634. The number of rotatable bonds is 1. The molecule has 0 aliphatic heterocycles. The molecule has 2 rings (SSSR count). The Kier molecular flexibility index (Phi) is 2.33. The smallest absolute Gasteiger partial charge is 0.0814 e. The largest absolute Gasteiger partial charge is 0.392 e. The van der Waals surface area contributed by atoms with E-state index < -0.39 is 6.10 Å². The molecule has 14 heavy (non-hydrogen) atoms. The molecule has 2 aliphatic rings. The number of aliphatic hydroxyl groups is 2. The van der Waals surface area contributed by atoms with Gasteiger partial charge < -0.3 is 10.2 Å². The van der Waals surface area contributed by atoms with Gasteiger partial charge in [-0.1, -0.05) is 37.3 Å². The molecule has 0 unspecified atom stereocenters. The second-order valence-corrected chi connectivity index (χ2v) is 4.29. The molecule has 0 spiro atoms. The second-order valence-electron chi connectivity index (χ2n) is 4.29. The maximum Gasteiger partial charge on any atom is 0.0814 e. The molecule has 2 aliphatic carbocycles. The number of hydrogen-bond acceptors (Lipinski definition) is 2. The molecular weight excluding hydrogens is 176 g/mol. The van der Waals surface area contributed by atoms with Gasteiger partial charge in [-0.2, -0.15) is 0 Å². The summed E-state index contributed by atoms with van der Waals surface area (Å²) in [6.07, 6.45) is 10.3. The zero-order valence-electron chi connectivity index (χ0n) is 8.35. The molecule has 0 aromatic carbocycles. The molecule has 0 saturated heterocycles. The third-order valence-electron chi connectivity index (χ3n) is 3.47. The third kappa shape index (κ3) is 1.26. The molecule has 2 nitrogen and oxygen atoms in total. The van der Waals surface area contributed by atoms with Crippen molar-refractivity contribution in [2.45, 2.75) is 19.4 Å². The fourth-order valence-corrected chi connectivity index (χ4v) is 2.43. The molecule has 0 heterocycles. The number of aliphatic hydroxyl groups excluding tert-OH is 2. The topological polar surface area (TPSA) is 40.5 Å². The van der Waals surface area contributed by atoms with Gasteiger partial charge in [-0.05, 0) is 17.9 Å². The summed E-state index contributed by atoms with van der Waals surface area (Å²) in [4.78, 5) is 0. The van der Waals surface area contributed by atoms with Gasteiger partial charge in [-0.3, -0.25) is 0 Å². The Morgan fingerprint density at radius 3 is 3.07 bits per heavy atom. The molecular formula is C12H16O2. The van der Waals surface area contributed by atoms with Gasteiger partial charge in [0.15, 0.2) is 0 Å². The molecule has 0 radical (unpaired) electrons. The van der Waals surface area contributed by atoms with Crippen LogP contribution in [0.25, 0.3) is 0 Å². The highest BCUT2D eigenvalue weighted by molar-refractivity contribution is 5.32. The van der Waals surface area contributed by atoms with E-state index in [-0.39, 0.29) is 17.9 Å². The fraction of sp³-hybridized carbons (Fsp3) is 0.500. The predicted molar refractivity (Wildman–Crippen MR) is 55.7 cm³/mol. The van der Waals surface area contributed by atoms with Crippen molar-refractivity contribution in [3.8, 4) is 0 Å². The van der Waals surface area contributed by atoms with Gasteiger partial charge in [0.2, 0.25) is 0 Å². The first-order chi connectivity index (χ1) is 6.68. The highest BCUT2D eigenvalue weighted by Crippen LogP contribution is 2.45. The van der Waals surface area contributed by atoms with E-state index in [0.717, 1.165) is 12.0 Å². The maximum atomic E-state index is 9.93. The zero-order chi connectivity index (χ0) is 10.2. The Hall–Kier alpha value is -0.860. The molecule has 3 atom stereocenters. The molecule has 76 valence electrons. The minimum atomic E-state index is -0.437. The van der Waals surface area contributed by atoms with E-state index in [1.54, 1.807) is 0 Å². The van der Waals surface area contributed by atoms with Gasteiger partial charge in [-0.15, -0.1) is 0 Å². The molecule has 0 saturated carbocycles. The van der Waals surface area contributed by atoms with E-state index in [1.165, 1.54) is 0 Å². The summed E-state index contributed by atoms with van der Waals surface area (Å²) in [6.45, 7) is 2.14. The fourth-order valence-electron chi connectivity index (χ4n) is 2.43. The van der Waals surface area contributed by atoms with Gasteiger partial charge >= 0.3 is 0 Å². The minimum Gasteiger partial charge on any atom is -0.392 e. The third-order valence-corrected chi connectivity index (χ3v) is 3.47. The first kappa shape index (κ1) is 9.69. The summed E-state index contributed by atoms with van der Waals surface area (Å²) >= 11 is 0. The lowest BCUT2D eigenvalue weighted by atomic mass is 9.63. The Balaban J connectivity index is 2.38. The lowest BCUT2D eigenvalue weighted by Crippen LogP contribution is -2.41. The predicted octanol–water partition coefficient (Wildman–Crippen LogP) is 1.42.